The van der Waals surface area contributed by atoms with E-state index in [0.29, 0.717) is 23.1 Å². The first-order valence-electron chi connectivity index (χ1n) is 8.05. The average molecular weight is 324 g/mol. The van der Waals surface area contributed by atoms with Crippen molar-refractivity contribution in [1.29, 1.82) is 0 Å². The summed E-state index contributed by atoms with van der Waals surface area (Å²) < 4.78 is 16.5. The summed E-state index contributed by atoms with van der Waals surface area (Å²) in [7, 11) is 1.61. The quantitative estimate of drug-likeness (QED) is 0.619. The van der Waals surface area contributed by atoms with Gasteiger partial charge in [0.25, 0.3) is 0 Å². The molecule has 0 N–H and O–H groups in total. The van der Waals surface area contributed by atoms with E-state index in [2.05, 4.69) is 6.92 Å². The smallest absolute Gasteiger partial charge is 0.200 e. The van der Waals surface area contributed by atoms with Crippen molar-refractivity contribution in [2.24, 2.45) is 0 Å². The van der Waals surface area contributed by atoms with E-state index in [1.54, 1.807) is 19.2 Å². The van der Waals surface area contributed by atoms with Crippen molar-refractivity contribution in [1.82, 2.24) is 0 Å². The van der Waals surface area contributed by atoms with Crippen LogP contribution in [0.5, 0.6) is 11.5 Å². The number of methoxy groups -OCH3 is 1. The Hall–Kier alpha value is -2.75. The number of hydrogen-bond acceptors (Lipinski definition) is 4. The normalized spacial score (nSPS) is 10.8. The molecule has 0 unspecified atom stereocenters. The van der Waals surface area contributed by atoms with Gasteiger partial charge < -0.3 is 13.9 Å². The number of unbranched alkanes of at least 4 members (excludes halogenated alkanes) is 1. The zero-order valence-electron chi connectivity index (χ0n) is 13.9. The third kappa shape index (κ3) is 3.27. The first kappa shape index (κ1) is 16.1. The standard InChI is InChI=1S/C20H20O4/c1-3-4-11-23-16-9-10-17-19(12-16)24-13-18(20(17)21)14-5-7-15(22-2)8-6-14/h5-10,12-13H,3-4,11H2,1-2H3. The van der Waals surface area contributed by atoms with Gasteiger partial charge in [-0.15, -0.1) is 0 Å². The lowest BCUT2D eigenvalue weighted by atomic mass is 10.1. The second kappa shape index (κ2) is 7.21. The Morgan fingerprint density at radius 3 is 2.50 bits per heavy atom. The van der Waals surface area contributed by atoms with Crippen LogP contribution in [0.15, 0.2) is 57.9 Å². The van der Waals surface area contributed by atoms with E-state index >= 15 is 0 Å². The first-order valence-corrected chi connectivity index (χ1v) is 8.05. The van der Waals surface area contributed by atoms with Crippen LogP contribution in [0.1, 0.15) is 19.8 Å². The van der Waals surface area contributed by atoms with Crippen molar-refractivity contribution < 1.29 is 13.9 Å². The van der Waals surface area contributed by atoms with E-state index in [-0.39, 0.29) is 5.43 Å². The van der Waals surface area contributed by atoms with Gasteiger partial charge in [0.1, 0.15) is 23.3 Å². The van der Waals surface area contributed by atoms with Gasteiger partial charge in [0.2, 0.25) is 0 Å². The molecule has 0 bridgehead atoms. The molecule has 0 aliphatic rings. The number of benzene rings is 2. The number of ether oxygens (including phenoxy) is 2. The zero-order chi connectivity index (χ0) is 16.9. The minimum absolute atomic E-state index is 0.0541. The molecule has 0 fully saturated rings. The van der Waals surface area contributed by atoms with Gasteiger partial charge in [0.15, 0.2) is 5.43 Å². The molecule has 124 valence electrons. The topological polar surface area (TPSA) is 48.7 Å². The van der Waals surface area contributed by atoms with Crippen LogP contribution in [0.25, 0.3) is 22.1 Å². The molecular weight excluding hydrogens is 304 g/mol. The molecule has 24 heavy (non-hydrogen) atoms. The van der Waals surface area contributed by atoms with Gasteiger partial charge >= 0.3 is 0 Å². The summed E-state index contributed by atoms with van der Waals surface area (Å²) in [5, 5.41) is 0.547. The number of hydrogen-bond donors (Lipinski definition) is 0. The predicted octanol–water partition coefficient (Wildman–Crippen LogP) is 4.65. The fourth-order valence-electron chi connectivity index (χ4n) is 2.50. The third-order valence-electron chi connectivity index (χ3n) is 3.91. The molecular formula is C20H20O4. The van der Waals surface area contributed by atoms with Crippen molar-refractivity contribution in [3.05, 3.63) is 59.0 Å². The van der Waals surface area contributed by atoms with Crippen molar-refractivity contribution in [2.45, 2.75) is 19.8 Å². The van der Waals surface area contributed by atoms with Crippen LogP contribution >= 0.6 is 0 Å². The summed E-state index contributed by atoms with van der Waals surface area (Å²) in [6.07, 6.45) is 3.58. The van der Waals surface area contributed by atoms with E-state index in [0.717, 1.165) is 29.9 Å². The van der Waals surface area contributed by atoms with Crippen molar-refractivity contribution in [2.75, 3.05) is 13.7 Å². The molecule has 3 aromatic rings. The van der Waals surface area contributed by atoms with Crippen LogP contribution in [-0.4, -0.2) is 13.7 Å². The van der Waals surface area contributed by atoms with E-state index in [4.69, 9.17) is 13.9 Å². The Morgan fingerprint density at radius 1 is 1.04 bits per heavy atom. The van der Waals surface area contributed by atoms with Crippen molar-refractivity contribution >= 4 is 11.0 Å². The highest BCUT2D eigenvalue weighted by atomic mass is 16.5. The van der Waals surface area contributed by atoms with Crippen molar-refractivity contribution in [3.63, 3.8) is 0 Å². The van der Waals surface area contributed by atoms with Gasteiger partial charge in [-0.05, 0) is 36.2 Å². The molecule has 0 aliphatic carbocycles. The summed E-state index contributed by atoms with van der Waals surface area (Å²) in [5.41, 5.74) is 1.81. The Labute approximate surface area is 140 Å². The maximum absolute atomic E-state index is 12.7. The maximum atomic E-state index is 12.7. The molecule has 3 rings (SSSR count). The molecule has 1 aromatic heterocycles. The summed E-state index contributed by atoms with van der Waals surface area (Å²) in [4.78, 5) is 12.7. The first-order chi connectivity index (χ1) is 11.7. The van der Waals surface area contributed by atoms with Crippen molar-refractivity contribution in [3.8, 4) is 22.6 Å². The summed E-state index contributed by atoms with van der Waals surface area (Å²) >= 11 is 0. The van der Waals surface area contributed by atoms with E-state index in [1.807, 2.05) is 30.3 Å². The second-order valence-electron chi connectivity index (χ2n) is 5.57. The van der Waals surface area contributed by atoms with E-state index in [1.165, 1.54) is 6.26 Å². The third-order valence-corrected chi connectivity index (χ3v) is 3.91. The summed E-state index contributed by atoms with van der Waals surface area (Å²) in [5.74, 6) is 1.47. The van der Waals surface area contributed by atoms with Gasteiger partial charge in [-0.25, -0.2) is 0 Å². The SMILES string of the molecule is CCCCOc1ccc2c(=O)c(-c3ccc(OC)cc3)coc2c1. The monoisotopic (exact) mass is 324 g/mol. The molecule has 4 nitrogen and oxygen atoms in total. The Morgan fingerprint density at radius 2 is 1.79 bits per heavy atom. The maximum Gasteiger partial charge on any atom is 0.200 e. The average Bonchev–Trinajstić information content (AvgIpc) is 2.62. The molecule has 0 aliphatic heterocycles. The van der Waals surface area contributed by atoms with Crippen LogP contribution < -0.4 is 14.9 Å². The number of fused-ring (bicyclic) bond motifs is 1. The van der Waals surface area contributed by atoms with E-state index < -0.39 is 0 Å². The molecule has 0 atom stereocenters. The molecule has 4 heteroatoms. The largest absolute Gasteiger partial charge is 0.497 e. The Bertz CT molecular complexity index is 878. The fourth-order valence-corrected chi connectivity index (χ4v) is 2.50. The van der Waals surface area contributed by atoms with Gasteiger partial charge in [0, 0.05) is 6.07 Å². The lowest BCUT2D eigenvalue weighted by Crippen LogP contribution is -2.05. The lowest BCUT2D eigenvalue weighted by Gasteiger charge is -2.07. The molecule has 0 radical (unpaired) electrons. The van der Waals surface area contributed by atoms with Gasteiger partial charge in [-0.3, -0.25) is 4.79 Å². The van der Waals surface area contributed by atoms with Gasteiger partial charge in [0.05, 0.1) is 24.7 Å². The Kier molecular flexibility index (Phi) is 4.85. The molecule has 0 saturated heterocycles. The second-order valence-corrected chi connectivity index (χ2v) is 5.57. The number of rotatable bonds is 6. The molecule has 0 spiro atoms. The molecule has 2 aromatic carbocycles. The molecule has 0 amide bonds. The zero-order valence-corrected chi connectivity index (χ0v) is 13.9. The minimum atomic E-state index is -0.0541. The molecule has 0 saturated carbocycles. The Balaban J connectivity index is 1.95. The van der Waals surface area contributed by atoms with Gasteiger partial charge in [-0.2, -0.15) is 0 Å². The van der Waals surface area contributed by atoms with Crippen LogP contribution in [0.2, 0.25) is 0 Å². The highest BCUT2D eigenvalue weighted by Gasteiger charge is 2.10. The lowest BCUT2D eigenvalue weighted by molar-refractivity contribution is 0.309. The van der Waals surface area contributed by atoms with Crippen LogP contribution in [0.4, 0.5) is 0 Å². The van der Waals surface area contributed by atoms with Crippen LogP contribution in [-0.2, 0) is 0 Å². The predicted molar refractivity (Wildman–Crippen MR) is 94.9 cm³/mol. The highest BCUT2D eigenvalue weighted by Crippen LogP contribution is 2.24. The van der Waals surface area contributed by atoms with Crippen LogP contribution in [0.3, 0.4) is 0 Å². The summed E-state index contributed by atoms with van der Waals surface area (Å²) in [6.45, 7) is 2.78. The van der Waals surface area contributed by atoms with Gasteiger partial charge in [-0.1, -0.05) is 25.5 Å². The summed E-state index contributed by atoms with van der Waals surface area (Å²) in [6, 6.07) is 12.7. The fraction of sp³-hybridized carbons (Fsp3) is 0.250. The molecule has 1 heterocycles. The van der Waals surface area contributed by atoms with E-state index in [9.17, 15) is 4.79 Å². The highest BCUT2D eigenvalue weighted by molar-refractivity contribution is 5.82. The minimum Gasteiger partial charge on any atom is -0.497 e. The van der Waals surface area contributed by atoms with Crippen LogP contribution in [0, 0.1) is 0 Å².